The fraction of sp³-hybridized carbons (Fsp3) is 0.0606. The smallest absolute Gasteiger partial charge is 0.249 e. The Morgan fingerprint density at radius 3 is 2.12 bits per heavy atom. The van der Waals surface area contributed by atoms with Crippen LogP contribution >= 0.6 is 0 Å². The van der Waals surface area contributed by atoms with Crippen LogP contribution in [0.5, 0.6) is 0 Å². The lowest BCUT2D eigenvalue weighted by Gasteiger charge is -2.10. The van der Waals surface area contributed by atoms with Crippen LogP contribution in [0.4, 0.5) is 11.6 Å². The van der Waals surface area contributed by atoms with Gasteiger partial charge in [-0.25, -0.2) is 9.97 Å². The van der Waals surface area contributed by atoms with E-state index >= 15 is 0 Å². The summed E-state index contributed by atoms with van der Waals surface area (Å²) in [6.07, 6.45) is 1.65. The molecule has 5 aromatic rings. The third kappa shape index (κ3) is 8.09. The topological polar surface area (TPSA) is 153 Å². The van der Waals surface area contributed by atoms with Gasteiger partial charge in [-0.3, -0.25) is 14.4 Å². The molecule has 0 aliphatic heterocycles. The Hall–Kier alpha value is -5.83. The standard InChI is InChI=1S/C26H23N5O2.C7H7NO/c1-17(32)30-21-9-5-8-20(15-21)19-7-4-6-18(14-19)16-29-26-28-13-12-24(31-26)22-10-2-3-11-23(22)25(27)33;8-7(9)6-4-2-1-3-5-6/h2-15H,16H2,1H3,(H2,27,33)(H,30,32)(H,28,29,31);1-5H,(H2,8,9). The summed E-state index contributed by atoms with van der Waals surface area (Å²) in [4.78, 5) is 42.4. The largest absolute Gasteiger partial charge is 0.366 e. The van der Waals surface area contributed by atoms with Gasteiger partial charge in [0.25, 0.3) is 0 Å². The van der Waals surface area contributed by atoms with Crippen LogP contribution in [0.15, 0.2) is 115 Å². The molecule has 0 saturated heterocycles. The number of amides is 3. The summed E-state index contributed by atoms with van der Waals surface area (Å²) in [6.45, 7) is 2.00. The van der Waals surface area contributed by atoms with Crippen molar-refractivity contribution in [2.24, 2.45) is 11.5 Å². The molecule has 210 valence electrons. The lowest BCUT2D eigenvalue weighted by Crippen LogP contribution is -2.12. The molecule has 0 spiro atoms. The second-order valence-electron chi connectivity index (χ2n) is 9.22. The number of primary amides is 2. The summed E-state index contributed by atoms with van der Waals surface area (Å²) in [7, 11) is 0. The van der Waals surface area contributed by atoms with E-state index in [4.69, 9.17) is 11.5 Å². The summed E-state index contributed by atoms with van der Waals surface area (Å²) >= 11 is 0. The molecular weight excluding hydrogens is 528 g/mol. The summed E-state index contributed by atoms with van der Waals surface area (Å²) in [5.74, 6) is -0.538. The number of rotatable bonds is 8. The van der Waals surface area contributed by atoms with Crippen LogP contribution in [0.1, 0.15) is 33.2 Å². The van der Waals surface area contributed by atoms with E-state index in [1.54, 1.807) is 48.7 Å². The third-order valence-corrected chi connectivity index (χ3v) is 6.08. The van der Waals surface area contributed by atoms with E-state index < -0.39 is 5.91 Å². The molecule has 3 amide bonds. The lowest BCUT2D eigenvalue weighted by molar-refractivity contribution is -0.114. The summed E-state index contributed by atoms with van der Waals surface area (Å²) < 4.78 is 0. The van der Waals surface area contributed by atoms with E-state index in [2.05, 4.69) is 26.7 Å². The second kappa shape index (κ2) is 14.0. The van der Waals surface area contributed by atoms with Crippen molar-refractivity contribution in [3.8, 4) is 22.4 Å². The number of carbonyl (C=O) groups excluding carboxylic acids is 3. The number of benzene rings is 4. The second-order valence-corrected chi connectivity index (χ2v) is 9.22. The van der Waals surface area contributed by atoms with Crippen LogP contribution in [0.25, 0.3) is 22.4 Å². The van der Waals surface area contributed by atoms with Crippen molar-refractivity contribution >= 4 is 29.4 Å². The minimum atomic E-state index is -0.502. The third-order valence-electron chi connectivity index (χ3n) is 6.08. The Morgan fingerprint density at radius 1 is 0.738 bits per heavy atom. The van der Waals surface area contributed by atoms with Crippen LogP contribution in [0, 0.1) is 0 Å². The zero-order valence-corrected chi connectivity index (χ0v) is 23.0. The van der Waals surface area contributed by atoms with Crippen molar-refractivity contribution in [3.63, 3.8) is 0 Å². The fourth-order valence-electron chi connectivity index (χ4n) is 4.14. The SMILES string of the molecule is CC(=O)Nc1cccc(-c2cccc(CNc3nccc(-c4ccccc4C(N)=O)n3)c2)c1.NC(=O)c1ccccc1. The molecule has 42 heavy (non-hydrogen) atoms. The van der Waals surface area contributed by atoms with Gasteiger partial charge in [-0.2, -0.15) is 0 Å². The molecule has 6 N–H and O–H groups in total. The van der Waals surface area contributed by atoms with E-state index in [1.807, 2.05) is 60.7 Å². The number of nitrogens with zero attached hydrogens (tertiary/aromatic N) is 2. The van der Waals surface area contributed by atoms with Crippen molar-refractivity contribution in [1.29, 1.82) is 0 Å². The highest BCUT2D eigenvalue weighted by atomic mass is 16.2. The maximum atomic E-state index is 11.8. The highest BCUT2D eigenvalue weighted by molar-refractivity contribution is 5.99. The Labute approximate surface area is 243 Å². The average molecular weight is 559 g/mol. The first-order valence-electron chi connectivity index (χ1n) is 13.1. The molecule has 0 saturated carbocycles. The van der Waals surface area contributed by atoms with Gasteiger partial charge < -0.3 is 22.1 Å². The highest BCUT2D eigenvalue weighted by Crippen LogP contribution is 2.25. The number of hydrogen-bond donors (Lipinski definition) is 4. The molecule has 9 nitrogen and oxygen atoms in total. The molecule has 4 aromatic carbocycles. The lowest BCUT2D eigenvalue weighted by atomic mass is 10.0. The first kappa shape index (κ1) is 29.2. The molecule has 5 rings (SSSR count). The zero-order valence-electron chi connectivity index (χ0n) is 23.0. The number of anilines is 2. The summed E-state index contributed by atoms with van der Waals surface area (Å²) in [5, 5.41) is 6.05. The predicted molar refractivity (Wildman–Crippen MR) is 164 cm³/mol. The monoisotopic (exact) mass is 558 g/mol. The molecule has 0 bridgehead atoms. The van der Waals surface area contributed by atoms with Gasteiger partial charge in [-0.15, -0.1) is 0 Å². The molecule has 0 aliphatic rings. The van der Waals surface area contributed by atoms with Gasteiger partial charge in [0.15, 0.2) is 0 Å². The van der Waals surface area contributed by atoms with Crippen molar-refractivity contribution in [2.75, 3.05) is 10.6 Å². The summed E-state index contributed by atoms with van der Waals surface area (Å²) in [5.41, 5.74) is 16.6. The first-order valence-corrected chi connectivity index (χ1v) is 13.1. The van der Waals surface area contributed by atoms with Crippen LogP contribution in [0.2, 0.25) is 0 Å². The number of nitrogens with two attached hydrogens (primary N) is 2. The Balaban J connectivity index is 0.000000385. The van der Waals surface area contributed by atoms with Gasteiger partial charge in [-0.05, 0) is 59.2 Å². The minimum Gasteiger partial charge on any atom is -0.366 e. The minimum absolute atomic E-state index is 0.106. The Kier molecular flexibility index (Phi) is 9.72. The molecule has 0 radical (unpaired) electrons. The Morgan fingerprint density at radius 2 is 1.43 bits per heavy atom. The zero-order chi connectivity index (χ0) is 29.9. The van der Waals surface area contributed by atoms with Crippen molar-refractivity contribution in [2.45, 2.75) is 13.5 Å². The van der Waals surface area contributed by atoms with E-state index in [-0.39, 0.29) is 11.8 Å². The maximum absolute atomic E-state index is 11.8. The predicted octanol–water partition coefficient (Wildman–Crippen LogP) is 5.27. The quantitative estimate of drug-likeness (QED) is 0.204. The molecule has 1 heterocycles. The van der Waals surface area contributed by atoms with Crippen molar-refractivity contribution in [1.82, 2.24) is 9.97 Å². The van der Waals surface area contributed by atoms with Crippen molar-refractivity contribution < 1.29 is 14.4 Å². The average Bonchev–Trinajstić information content (AvgIpc) is 3.01. The fourth-order valence-corrected chi connectivity index (χ4v) is 4.14. The van der Waals surface area contributed by atoms with E-state index in [0.29, 0.717) is 34.9 Å². The molecule has 0 aliphatic carbocycles. The molecular formula is C33H30N6O3. The van der Waals surface area contributed by atoms with E-state index in [9.17, 15) is 14.4 Å². The number of carbonyl (C=O) groups is 3. The van der Waals surface area contributed by atoms with Crippen LogP contribution in [-0.4, -0.2) is 27.7 Å². The van der Waals surface area contributed by atoms with E-state index in [1.165, 1.54) is 6.92 Å². The molecule has 0 fully saturated rings. The van der Waals surface area contributed by atoms with E-state index in [0.717, 1.165) is 22.4 Å². The van der Waals surface area contributed by atoms with Gasteiger partial charge in [-0.1, -0.05) is 66.7 Å². The van der Waals surface area contributed by atoms with Gasteiger partial charge in [0.05, 0.1) is 5.69 Å². The van der Waals surface area contributed by atoms with Gasteiger partial charge in [0.1, 0.15) is 0 Å². The van der Waals surface area contributed by atoms with Crippen LogP contribution in [0.3, 0.4) is 0 Å². The van der Waals surface area contributed by atoms with Crippen LogP contribution < -0.4 is 22.1 Å². The highest BCUT2D eigenvalue weighted by Gasteiger charge is 2.11. The maximum Gasteiger partial charge on any atom is 0.249 e. The van der Waals surface area contributed by atoms with Gasteiger partial charge >= 0.3 is 0 Å². The van der Waals surface area contributed by atoms with Crippen molar-refractivity contribution in [3.05, 3.63) is 132 Å². The van der Waals surface area contributed by atoms with Crippen LogP contribution in [-0.2, 0) is 11.3 Å². The number of aromatic nitrogens is 2. The number of nitrogens with one attached hydrogen (secondary N) is 2. The first-order chi connectivity index (χ1) is 20.3. The Bertz CT molecular complexity index is 1710. The molecule has 1 aromatic heterocycles. The molecule has 9 heteroatoms. The number of hydrogen-bond acceptors (Lipinski definition) is 6. The van der Waals surface area contributed by atoms with Gasteiger partial charge in [0, 0.05) is 42.0 Å². The molecule has 0 unspecified atom stereocenters. The normalized spacial score (nSPS) is 10.1. The molecule has 0 atom stereocenters. The summed E-state index contributed by atoms with van der Waals surface area (Å²) in [6, 6.07) is 33.4. The van der Waals surface area contributed by atoms with Gasteiger partial charge in [0.2, 0.25) is 23.7 Å².